The summed E-state index contributed by atoms with van der Waals surface area (Å²) in [4.78, 5) is 4.39. The Hall–Kier alpha value is -0.490. The average Bonchev–Trinajstić information content (AvgIpc) is 2.59. The van der Waals surface area contributed by atoms with E-state index in [0.717, 1.165) is 14.6 Å². The minimum absolute atomic E-state index is 0.453. The molecule has 2 rings (SSSR count). The number of thioether (sulfide) groups is 1. The smallest absolute Gasteiger partial charge is 0.156 e. The van der Waals surface area contributed by atoms with Crippen molar-refractivity contribution in [1.29, 1.82) is 0 Å². The third kappa shape index (κ3) is 2.55. The van der Waals surface area contributed by atoms with Gasteiger partial charge in [-0.1, -0.05) is 24.4 Å². The molecule has 1 atom stereocenters. The van der Waals surface area contributed by atoms with E-state index in [9.17, 15) is 0 Å². The summed E-state index contributed by atoms with van der Waals surface area (Å²) in [6.07, 6.45) is -0.822. The zero-order valence-electron chi connectivity index (χ0n) is 7.71. The Bertz CT molecular complexity index is 459. The normalized spacial score (nSPS) is 12.9. The number of hydrogen-bond acceptors (Lipinski definition) is 5. The topological polar surface area (TPSA) is 33.1 Å². The lowest BCUT2D eigenvalue weighted by Gasteiger charge is -2.01. The van der Waals surface area contributed by atoms with Gasteiger partial charge >= 0.3 is 0 Å². The number of benzene rings is 1. The molecular weight excluding hydrogens is 246 g/mol. The summed E-state index contributed by atoms with van der Waals surface area (Å²) >= 11 is 7.85. The molecule has 5 heteroatoms. The highest BCUT2D eigenvalue weighted by molar-refractivity contribution is 8.24. The Morgan fingerprint density at radius 3 is 2.93 bits per heavy atom. The minimum atomic E-state index is -0.822. The van der Waals surface area contributed by atoms with Gasteiger partial charge in [-0.2, -0.15) is 0 Å². The van der Waals surface area contributed by atoms with E-state index in [2.05, 4.69) is 11.9 Å². The molecule has 1 radical (unpaired) electrons. The zero-order chi connectivity index (χ0) is 10.8. The quantitative estimate of drug-likeness (QED) is 0.660. The van der Waals surface area contributed by atoms with Crippen molar-refractivity contribution in [3.8, 4) is 0 Å². The first-order valence-electron chi connectivity index (χ1n) is 4.25. The molecule has 1 unspecified atom stereocenters. The van der Waals surface area contributed by atoms with Gasteiger partial charge in [0.15, 0.2) is 4.34 Å². The van der Waals surface area contributed by atoms with E-state index in [1.807, 2.05) is 24.3 Å². The van der Waals surface area contributed by atoms with Gasteiger partial charge in [-0.3, -0.25) is 0 Å². The van der Waals surface area contributed by atoms with Gasteiger partial charge in [0.05, 0.1) is 20.5 Å². The van der Waals surface area contributed by atoms with E-state index in [4.69, 9.17) is 17.3 Å². The minimum Gasteiger partial charge on any atom is -0.387 e. The lowest BCUT2D eigenvalue weighted by molar-refractivity contribution is 0.292. The van der Waals surface area contributed by atoms with Crippen LogP contribution in [-0.2, 0) is 0 Å². The Labute approximate surface area is 101 Å². The fourth-order valence-electron chi connectivity index (χ4n) is 1.05. The molecule has 1 N–H and O–H groups in total. The number of thiocarbonyl (C=S) groups is 1. The number of hydrogen-bond donors (Lipinski definition) is 1. The average molecular weight is 254 g/mol. The van der Waals surface area contributed by atoms with Crippen LogP contribution in [0.25, 0.3) is 10.2 Å². The molecule has 0 bridgehead atoms. The van der Waals surface area contributed by atoms with Crippen LogP contribution in [0.15, 0.2) is 28.6 Å². The molecule has 1 aromatic carbocycles. The summed E-state index contributed by atoms with van der Waals surface area (Å²) in [6, 6.07) is 7.90. The van der Waals surface area contributed by atoms with Crippen molar-refractivity contribution >= 4 is 49.7 Å². The molecule has 0 saturated carbocycles. The number of aromatic nitrogens is 1. The van der Waals surface area contributed by atoms with E-state index in [-0.39, 0.29) is 0 Å². The second-order valence-corrected chi connectivity index (χ2v) is 5.90. The molecule has 1 aromatic heterocycles. The van der Waals surface area contributed by atoms with E-state index < -0.39 is 6.10 Å². The number of aliphatic hydroxyl groups is 1. The molecule has 0 aliphatic carbocycles. The maximum absolute atomic E-state index is 9.16. The fraction of sp³-hybridized carbons (Fsp3) is 0.100. The summed E-state index contributed by atoms with van der Waals surface area (Å²) in [6.45, 7) is 3.46. The predicted octanol–water partition coefficient (Wildman–Crippen LogP) is 2.91. The fourth-order valence-corrected chi connectivity index (χ4v) is 3.30. The molecule has 15 heavy (non-hydrogen) atoms. The maximum atomic E-state index is 9.16. The first-order chi connectivity index (χ1) is 7.16. The van der Waals surface area contributed by atoms with Crippen molar-refractivity contribution in [1.82, 2.24) is 4.98 Å². The van der Waals surface area contributed by atoms with Gasteiger partial charge < -0.3 is 5.11 Å². The number of aliphatic hydroxyl groups excluding tert-OH is 1. The monoisotopic (exact) mass is 254 g/mol. The van der Waals surface area contributed by atoms with Gasteiger partial charge in [0.25, 0.3) is 0 Å². The van der Waals surface area contributed by atoms with Crippen LogP contribution in [0.2, 0.25) is 0 Å². The van der Waals surface area contributed by atoms with E-state index in [1.54, 1.807) is 11.3 Å². The number of fused-ring (bicyclic) bond motifs is 1. The Morgan fingerprint density at radius 1 is 1.53 bits per heavy atom. The van der Waals surface area contributed by atoms with Crippen molar-refractivity contribution < 1.29 is 5.11 Å². The standard InChI is InChI=1S/C10H8NOS3/c1-6(12)9(13)15-10-11-7-4-2-3-5-8(7)14-10/h2-6,12H,1H2. The SMILES string of the molecule is [CH2]C(O)C(=S)Sc1nc2ccccc2s1. The summed E-state index contributed by atoms with van der Waals surface area (Å²) in [5.41, 5.74) is 0.964. The van der Waals surface area contributed by atoms with Gasteiger partial charge in [-0.05, 0) is 30.8 Å². The van der Waals surface area contributed by atoms with Crippen molar-refractivity contribution in [2.75, 3.05) is 0 Å². The molecule has 0 amide bonds. The molecule has 2 nitrogen and oxygen atoms in total. The molecule has 0 saturated heterocycles. The second kappa shape index (κ2) is 4.57. The van der Waals surface area contributed by atoms with Crippen LogP contribution in [0.4, 0.5) is 0 Å². The molecule has 0 spiro atoms. The number of para-hydroxylation sites is 1. The highest BCUT2D eigenvalue weighted by Crippen LogP contribution is 2.30. The first kappa shape index (κ1) is 11.0. The van der Waals surface area contributed by atoms with Crippen LogP contribution in [0.1, 0.15) is 0 Å². The highest BCUT2D eigenvalue weighted by Gasteiger charge is 2.10. The van der Waals surface area contributed by atoms with E-state index >= 15 is 0 Å². The largest absolute Gasteiger partial charge is 0.387 e. The number of thiazole rings is 1. The molecule has 1 heterocycles. The lowest BCUT2D eigenvalue weighted by atomic mass is 10.3. The Kier molecular flexibility index (Phi) is 3.35. The molecule has 0 aliphatic rings. The van der Waals surface area contributed by atoms with Crippen molar-refractivity contribution in [3.05, 3.63) is 31.2 Å². The van der Waals surface area contributed by atoms with Gasteiger partial charge in [0.1, 0.15) is 0 Å². The predicted molar refractivity (Wildman–Crippen MR) is 69.4 cm³/mol. The van der Waals surface area contributed by atoms with Gasteiger partial charge in [0, 0.05) is 0 Å². The van der Waals surface area contributed by atoms with Crippen molar-refractivity contribution in [2.24, 2.45) is 0 Å². The number of rotatable bonds is 2. The third-order valence-corrected chi connectivity index (χ3v) is 4.33. The van der Waals surface area contributed by atoms with Gasteiger partial charge in [-0.25, -0.2) is 4.98 Å². The van der Waals surface area contributed by atoms with Crippen LogP contribution in [-0.4, -0.2) is 20.4 Å². The van der Waals surface area contributed by atoms with E-state index in [0.29, 0.717) is 4.20 Å². The number of nitrogens with zero attached hydrogens (tertiary/aromatic N) is 1. The van der Waals surface area contributed by atoms with Crippen molar-refractivity contribution in [3.63, 3.8) is 0 Å². The maximum Gasteiger partial charge on any atom is 0.156 e. The summed E-state index contributed by atoms with van der Waals surface area (Å²) in [5.74, 6) is 0. The van der Waals surface area contributed by atoms with Gasteiger partial charge in [-0.15, -0.1) is 11.3 Å². The molecular formula is C10H8NOS3. The van der Waals surface area contributed by atoms with Crippen LogP contribution in [0, 0.1) is 6.92 Å². The van der Waals surface area contributed by atoms with Crippen LogP contribution < -0.4 is 0 Å². The summed E-state index contributed by atoms with van der Waals surface area (Å²) < 4.78 is 2.43. The van der Waals surface area contributed by atoms with Crippen LogP contribution in [0.3, 0.4) is 0 Å². The molecule has 2 aromatic rings. The summed E-state index contributed by atoms with van der Waals surface area (Å²) in [7, 11) is 0. The van der Waals surface area contributed by atoms with Gasteiger partial charge in [0.2, 0.25) is 0 Å². The molecule has 77 valence electrons. The Balaban J connectivity index is 2.26. The molecule has 0 aliphatic heterocycles. The van der Waals surface area contributed by atoms with Crippen LogP contribution in [0.5, 0.6) is 0 Å². The highest BCUT2D eigenvalue weighted by atomic mass is 32.2. The molecule has 0 fully saturated rings. The Morgan fingerprint density at radius 2 is 2.27 bits per heavy atom. The van der Waals surface area contributed by atoms with Crippen molar-refractivity contribution in [2.45, 2.75) is 10.4 Å². The summed E-state index contributed by atoms with van der Waals surface area (Å²) in [5, 5.41) is 9.16. The first-order valence-corrected chi connectivity index (χ1v) is 6.29. The second-order valence-electron chi connectivity index (χ2n) is 2.88. The van der Waals surface area contributed by atoms with Crippen LogP contribution >= 0.6 is 35.3 Å². The van der Waals surface area contributed by atoms with E-state index in [1.165, 1.54) is 11.8 Å². The lowest BCUT2D eigenvalue weighted by Crippen LogP contribution is -2.09. The zero-order valence-corrected chi connectivity index (χ0v) is 10.2. The third-order valence-electron chi connectivity index (χ3n) is 1.73.